The predicted molar refractivity (Wildman–Crippen MR) is 129 cm³/mol. The number of benzene rings is 1. The summed E-state index contributed by atoms with van der Waals surface area (Å²) in [4.78, 5) is 19.8. The minimum absolute atomic E-state index is 0.00673. The second kappa shape index (κ2) is 10.9. The molecular formula is C24H37N4OS+. The lowest BCUT2D eigenvalue weighted by molar-refractivity contribution is -0.896. The number of H-pyrrole nitrogens is 1. The molecule has 1 aliphatic rings. The molecule has 0 unspecified atom stereocenters. The molecule has 30 heavy (non-hydrogen) atoms. The van der Waals surface area contributed by atoms with Crippen molar-refractivity contribution in [3.8, 4) is 0 Å². The van der Waals surface area contributed by atoms with Crippen LogP contribution in [0.2, 0.25) is 0 Å². The van der Waals surface area contributed by atoms with Gasteiger partial charge in [0.1, 0.15) is 0 Å². The minimum Gasteiger partial charge on any atom is -0.362 e. The molecule has 0 saturated heterocycles. The third kappa shape index (κ3) is 5.61. The van der Waals surface area contributed by atoms with E-state index in [1.807, 2.05) is 25.1 Å². The fourth-order valence-electron chi connectivity index (χ4n) is 4.55. The smallest absolute Gasteiger partial charge is 0.253 e. The van der Waals surface area contributed by atoms with Crippen LogP contribution in [0.4, 0.5) is 0 Å². The van der Waals surface area contributed by atoms with Crippen molar-refractivity contribution in [3.05, 3.63) is 45.7 Å². The largest absolute Gasteiger partial charge is 0.362 e. The van der Waals surface area contributed by atoms with Crippen molar-refractivity contribution in [3.63, 3.8) is 0 Å². The average molecular weight is 430 g/mol. The molecule has 0 spiro atoms. The molecule has 0 radical (unpaired) electrons. The van der Waals surface area contributed by atoms with Gasteiger partial charge < -0.3 is 20.1 Å². The number of nitrogens with one attached hydrogen (secondary N) is 3. The number of fused-ring (bicyclic) bond motifs is 1. The van der Waals surface area contributed by atoms with E-state index in [4.69, 9.17) is 12.2 Å². The zero-order valence-electron chi connectivity index (χ0n) is 18.7. The molecule has 0 aliphatic heterocycles. The van der Waals surface area contributed by atoms with Gasteiger partial charge in [-0.25, -0.2) is 0 Å². The maximum Gasteiger partial charge on any atom is 0.253 e. The fraction of sp³-hybridized carbons (Fsp3) is 0.583. The fourth-order valence-corrected chi connectivity index (χ4v) is 4.87. The van der Waals surface area contributed by atoms with Crippen molar-refractivity contribution in [1.82, 2.24) is 15.2 Å². The number of aryl methyl sites for hydroxylation is 1. The number of pyridine rings is 1. The van der Waals surface area contributed by atoms with E-state index in [9.17, 15) is 4.79 Å². The molecule has 1 aromatic heterocycles. The molecule has 1 fully saturated rings. The molecular weight excluding hydrogens is 392 g/mol. The Hall–Kier alpha value is -1.92. The number of nitrogens with zero attached hydrogens (tertiary/aromatic N) is 1. The summed E-state index contributed by atoms with van der Waals surface area (Å²) in [5, 5.41) is 5.35. The number of quaternary nitrogens is 1. The zero-order valence-corrected chi connectivity index (χ0v) is 19.5. The molecule has 1 aliphatic carbocycles. The molecule has 0 amide bonds. The number of rotatable bonds is 9. The number of thiocarbonyl (C=S) groups is 1. The zero-order chi connectivity index (χ0) is 21.5. The van der Waals surface area contributed by atoms with E-state index < -0.39 is 0 Å². The van der Waals surface area contributed by atoms with Crippen LogP contribution in [0.1, 0.15) is 57.1 Å². The summed E-state index contributed by atoms with van der Waals surface area (Å²) in [5.74, 6) is 0. The first kappa shape index (κ1) is 22.8. The summed E-state index contributed by atoms with van der Waals surface area (Å²) >= 11 is 5.80. The summed E-state index contributed by atoms with van der Waals surface area (Å²) in [7, 11) is 0. The van der Waals surface area contributed by atoms with Gasteiger partial charge in [-0.05, 0) is 62.8 Å². The summed E-state index contributed by atoms with van der Waals surface area (Å²) < 4.78 is 0. The number of aromatic amines is 1. The summed E-state index contributed by atoms with van der Waals surface area (Å²) in [6.45, 7) is 11.5. The first-order valence-corrected chi connectivity index (χ1v) is 11.9. The van der Waals surface area contributed by atoms with E-state index in [-0.39, 0.29) is 5.56 Å². The van der Waals surface area contributed by atoms with Crippen molar-refractivity contribution >= 4 is 28.2 Å². The molecule has 3 N–H and O–H groups in total. The van der Waals surface area contributed by atoms with Crippen molar-refractivity contribution in [2.45, 2.75) is 65.5 Å². The Balaban J connectivity index is 1.71. The van der Waals surface area contributed by atoms with Crippen molar-refractivity contribution < 1.29 is 4.90 Å². The van der Waals surface area contributed by atoms with E-state index in [2.05, 4.69) is 35.1 Å². The van der Waals surface area contributed by atoms with E-state index in [1.165, 1.54) is 25.9 Å². The Bertz CT molecular complexity index is 900. The van der Waals surface area contributed by atoms with Gasteiger partial charge in [0.2, 0.25) is 0 Å². The van der Waals surface area contributed by atoms with Gasteiger partial charge >= 0.3 is 0 Å². The Morgan fingerprint density at radius 2 is 2.00 bits per heavy atom. The average Bonchev–Trinajstić information content (AvgIpc) is 3.27. The Morgan fingerprint density at radius 1 is 1.27 bits per heavy atom. The first-order valence-electron chi connectivity index (χ1n) is 11.5. The molecule has 1 saturated carbocycles. The Kier molecular flexibility index (Phi) is 8.28. The van der Waals surface area contributed by atoms with Crippen molar-refractivity contribution in [2.75, 3.05) is 26.2 Å². The lowest BCUT2D eigenvalue weighted by atomic mass is 10.1. The number of hydrogen-bond donors (Lipinski definition) is 3. The second-order valence-electron chi connectivity index (χ2n) is 8.52. The number of para-hydroxylation sites is 1. The highest BCUT2D eigenvalue weighted by molar-refractivity contribution is 7.80. The predicted octanol–water partition coefficient (Wildman–Crippen LogP) is 2.77. The monoisotopic (exact) mass is 429 g/mol. The van der Waals surface area contributed by atoms with Crippen LogP contribution in [0, 0.1) is 6.92 Å². The van der Waals surface area contributed by atoms with Crippen LogP contribution < -0.4 is 15.8 Å². The van der Waals surface area contributed by atoms with Gasteiger partial charge in [-0.15, -0.1) is 0 Å². The minimum atomic E-state index is -0.00673. The molecule has 1 heterocycles. The molecule has 6 heteroatoms. The van der Waals surface area contributed by atoms with Crippen LogP contribution in [0.25, 0.3) is 10.9 Å². The van der Waals surface area contributed by atoms with Gasteiger partial charge in [0.15, 0.2) is 5.11 Å². The lowest BCUT2D eigenvalue weighted by Gasteiger charge is -2.31. The Morgan fingerprint density at radius 3 is 2.70 bits per heavy atom. The molecule has 1 aromatic carbocycles. The summed E-state index contributed by atoms with van der Waals surface area (Å²) in [6.07, 6.45) is 5.88. The highest BCUT2D eigenvalue weighted by Gasteiger charge is 2.25. The van der Waals surface area contributed by atoms with E-state index in [1.54, 1.807) is 4.90 Å². The summed E-state index contributed by atoms with van der Waals surface area (Å²) in [6, 6.07) is 8.59. The van der Waals surface area contributed by atoms with Crippen LogP contribution in [-0.4, -0.2) is 47.2 Å². The third-order valence-electron chi connectivity index (χ3n) is 6.52. The molecule has 2 aromatic rings. The maximum absolute atomic E-state index is 12.8. The van der Waals surface area contributed by atoms with Gasteiger partial charge in [-0.3, -0.25) is 4.79 Å². The number of hydrogen-bond acceptors (Lipinski definition) is 2. The lowest BCUT2D eigenvalue weighted by Crippen LogP contribution is -3.11. The van der Waals surface area contributed by atoms with Crippen molar-refractivity contribution in [2.24, 2.45) is 0 Å². The third-order valence-corrected chi connectivity index (χ3v) is 6.89. The molecule has 3 rings (SSSR count). The first-order chi connectivity index (χ1) is 14.5. The van der Waals surface area contributed by atoms with E-state index in [0.29, 0.717) is 12.6 Å². The molecule has 0 bridgehead atoms. The standard InChI is InChI=1S/C24H36N4OS/c1-4-27(5-2)15-9-14-25-24(30)28(21-12-6-7-13-21)17-20-16-19-11-8-10-18(3)22(19)26-23(20)29/h8,10-11,16,21H,4-7,9,12-15,17H2,1-3H3,(H,25,30)(H,26,29)/p+1. The summed E-state index contributed by atoms with van der Waals surface area (Å²) in [5.41, 5.74) is 2.80. The van der Waals surface area contributed by atoms with Crippen LogP contribution in [0.5, 0.6) is 0 Å². The molecule has 164 valence electrons. The highest BCUT2D eigenvalue weighted by Crippen LogP contribution is 2.25. The van der Waals surface area contributed by atoms with E-state index >= 15 is 0 Å². The van der Waals surface area contributed by atoms with Gasteiger partial charge in [-0.2, -0.15) is 0 Å². The van der Waals surface area contributed by atoms with Crippen LogP contribution in [0.3, 0.4) is 0 Å². The van der Waals surface area contributed by atoms with Gasteiger partial charge in [-0.1, -0.05) is 31.0 Å². The van der Waals surface area contributed by atoms with Gasteiger partial charge in [0.05, 0.1) is 31.7 Å². The van der Waals surface area contributed by atoms with Crippen LogP contribution in [0.15, 0.2) is 29.1 Å². The van der Waals surface area contributed by atoms with Gasteiger partial charge in [0.25, 0.3) is 5.56 Å². The van der Waals surface area contributed by atoms with Crippen LogP contribution >= 0.6 is 12.2 Å². The maximum atomic E-state index is 12.8. The second-order valence-corrected chi connectivity index (χ2v) is 8.91. The molecule has 0 atom stereocenters. The van der Waals surface area contributed by atoms with Crippen molar-refractivity contribution in [1.29, 1.82) is 0 Å². The van der Waals surface area contributed by atoms with Crippen LogP contribution in [-0.2, 0) is 6.54 Å². The quantitative estimate of drug-likeness (QED) is 0.424. The normalized spacial score (nSPS) is 14.5. The molecule has 5 nitrogen and oxygen atoms in total. The SMILES string of the molecule is CC[NH+](CC)CCCNC(=S)N(Cc1cc2cccc(C)c2[nH]c1=O)C1CCCC1. The topological polar surface area (TPSA) is 52.6 Å². The highest BCUT2D eigenvalue weighted by atomic mass is 32.1. The Labute approximate surface area is 185 Å². The van der Waals surface area contributed by atoms with Gasteiger partial charge in [0, 0.05) is 24.6 Å². The van der Waals surface area contributed by atoms with E-state index in [0.717, 1.165) is 59.5 Å². The number of aromatic nitrogens is 1.